The molecular formula is C17H22N2O. The van der Waals surface area contributed by atoms with E-state index in [1.54, 1.807) is 0 Å². The van der Waals surface area contributed by atoms with E-state index in [0.717, 1.165) is 18.7 Å². The Morgan fingerprint density at radius 2 is 2.05 bits per heavy atom. The number of aliphatic hydroxyl groups is 1. The van der Waals surface area contributed by atoms with Crippen LogP contribution in [0.3, 0.4) is 0 Å². The van der Waals surface area contributed by atoms with Crippen molar-refractivity contribution in [3.05, 3.63) is 48.0 Å². The molecule has 1 heterocycles. The molecule has 106 valence electrons. The topological polar surface area (TPSA) is 35.5 Å². The fraction of sp³-hybridized carbons (Fsp3) is 0.412. The molecule has 0 aromatic heterocycles. The quantitative estimate of drug-likeness (QED) is 0.894. The van der Waals surface area contributed by atoms with Crippen molar-refractivity contribution in [2.45, 2.75) is 18.6 Å². The van der Waals surface area contributed by atoms with Crippen molar-refractivity contribution in [1.82, 2.24) is 10.2 Å². The molecule has 2 unspecified atom stereocenters. The summed E-state index contributed by atoms with van der Waals surface area (Å²) >= 11 is 0. The highest BCUT2D eigenvalue weighted by molar-refractivity contribution is 5.83. The summed E-state index contributed by atoms with van der Waals surface area (Å²) in [5, 5.41) is 16.2. The molecule has 0 amide bonds. The van der Waals surface area contributed by atoms with Crippen LogP contribution in [0.5, 0.6) is 0 Å². The molecular weight excluding hydrogens is 248 g/mol. The highest BCUT2D eigenvalue weighted by atomic mass is 16.3. The summed E-state index contributed by atoms with van der Waals surface area (Å²) in [5.41, 5.74) is 0.988. The Labute approximate surface area is 120 Å². The van der Waals surface area contributed by atoms with Gasteiger partial charge in [-0.25, -0.2) is 0 Å². The van der Waals surface area contributed by atoms with E-state index in [0.29, 0.717) is 12.6 Å². The Morgan fingerprint density at radius 3 is 2.80 bits per heavy atom. The Kier molecular flexibility index (Phi) is 4.01. The zero-order valence-electron chi connectivity index (χ0n) is 11.9. The summed E-state index contributed by atoms with van der Waals surface area (Å²) in [6.45, 7) is 2.84. The predicted octanol–water partition coefficient (Wildman–Crippen LogP) is 2.17. The van der Waals surface area contributed by atoms with Gasteiger partial charge in [-0.3, -0.25) is 0 Å². The summed E-state index contributed by atoms with van der Waals surface area (Å²) in [5.74, 6) is 0. The number of nitrogens with zero attached hydrogens (tertiary/aromatic N) is 1. The number of aliphatic hydroxyl groups excluding tert-OH is 1. The van der Waals surface area contributed by atoms with Crippen LogP contribution in [0.15, 0.2) is 42.5 Å². The Hall–Kier alpha value is -1.42. The average Bonchev–Trinajstić information content (AvgIpc) is 2.90. The number of likely N-dealkylation sites (N-methyl/N-ethyl adjacent to an activating group) is 1. The molecule has 0 radical (unpaired) electrons. The van der Waals surface area contributed by atoms with Gasteiger partial charge < -0.3 is 15.3 Å². The molecule has 0 aliphatic carbocycles. The molecule has 0 bridgehead atoms. The molecule has 1 saturated heterocycles. The third-order valence-corrected chi connectivity index (χ3v) is 4.15. The minimum absolute atomic E-state index is 0.439. The van der Waals surface area contributed by atoms with Crippen LogP contribution in [-0.4, -0.2) is 42.7 Å². The maximum absolute atomic E-state index is 10.3. The third-order valence-electron chi connectivity index (χ3n) is 4.15. The second-order valence-electron chi connectivity index (χ2n) is 5.78. The monoisotopic (exact) mass is 270 g/mol. The molecule has 3 heteroatoms. The predicted molar refractivity (Wildman–Crippen MR) is 82.8 cm³/mol. The summed E-state index contributed by atoms with van der Waals surface area (Å²) in [4.78, 5) is 2.32. The van der Waals surface area contributed by atoms with Crippen molar-refractivity contribution < 1.29 is 5.11 Å². The molecule has 3 rings (SSSR count). The zero-order valence-corrected chi connectivity index (χ0v) is 11.9. The molecule has 1 fully saturated rings. The van der Waals surface area contributed by atoms with E-state index in [4.69, 9.17) is 0 Å². The van der Waals surface area contributed by atoms with Crippen molar-refractivity contribution >= 4 is 10.8 Å². The zero-order chi connectivity index (χ0) is 13.9. The second-order valence-corrected chi connectivity index (χ2v) is 5.78. The summed E-state index contributed by atoms with van der Waals surface area (Å²) < 4.78 is 0. The van der Waals surface area contributed by atoms with E-state index < -0.39 is 6.10 Å². The first kappa shape index (κ1) is 13.6. The van der Waals surface area contributed by atoms with Gasteiger partial charge in [0.2, 0.25) is 0 Å². The minimum Gasteiger partial charge on any atom is -0.387 e. The summed E-state index contributed by atoms with van der Waals surface area (Å²) in [6.07, 6.45) is 0.728. The fourth-order valence-electron chi connectivity index (χ4n) is 2.91. The van der Waals surface area contributed by atoms with Gasteiger partial charge in [-0.1, -0.05) is 36.4 Å². The van der Waals surface area contributed by atoms with Crippen molar-refractivity contribution in [2.24, 2.45) is 0 Å². The first-order valence-corrected chi connectivity index (χ1v) is 7.31. The van der Waals surface area contributed by atoms with E-state index in [-0.39, 0.29) is 0 Å². The third kappa shape index (κ3) is 3.01. The Bertz CT molecular complexity index is 584. The molecule has 0 saturated carbocycles. The number of fused-ring (bicyclic) bond motifs is 1. The van der Waals surface area contributed by atoms with Crippen LogP contribution >= 0.6 is 0 Å². The lowest BCUT2D eigenvalue weighted by Gasteiger charge is -2.17. The van der Waals surface area contributed by atoms with Gasteiger partial charge in [0.25, 0.3) is 0 Å². The molecule has 1 aliphatic heterocycles. The fourth-order valence-corrected chi connectivity index (χ4v) is 2.91. The molecule has 2 N–H and O–H groups in total. The van der Waals surface area contributed by atoms with Crippen molar-refractivity contribution in [3.63, 3.8) is 0 Å². The SMILES string of the molecule is CN1CCC(NCC(O)c2ccc3ccccc3c2)C1. The standard InChI is InChI=1S/C17H22N2O/c1-19-9-8-16(12-19)18-11-17(20)15-7-6-13-4-2-3-5-14(13)10-15/h2-7,10,16-18,20H,8-9,11-12H2,1H3. The molecule has 2 atom stereocenters. The van der Waals surface area contributed by atoms with E-state index in [9.17, 15) is 5.11 Å². The van der Waals surface area contributed by atoms with Crippen molar-refractivity contribution in [3.8, 4) is 0 Å². The van der Waals surface area contributed by atoms with E-state index >= 15 is 0 Å². The van der Waals surface area contributed by atoms with Crippen molar-refractivity contribution in [2.75, 3.05) is 26.7 Å². The van der Waals surface area contributed by atoms with Crippen LogP contribution in [0, 0.1) is 0 Å². The minimum atomic E-state index is -0.439. The largest absolute Gasteiger partial charge is 0.387 e. The lowest BCUT2D eigenvalue weighted by molar-refractivity contribution is 0.170. The molecule has 20 heavy (non-hydrogen) atoms. The van der Waals surface area contributed by atoms with Crippen LogP contribution < -0.4 is 5.32 Å². The number of benzene rings is 2. The smallest absolute Gasteiger partial charge is 0.0914 e. The van der Waals surface area contributed by atoms with E-state index in [1.165, 1.54) is 17.2 Å². The van der Waals surface area contributed by atoms with E-state index in [2.05, 4.69) is 41.5 Å². The van der Waals surface area contributed by atoms with Gasteiger partial charge in [0.15, 0.2) is 0 Å². The average molecular weight is 270 g/mol. The number of hydrogen-bond donors (Lipinski definition) is 2. The molecule has 1 aliphatic rings. The summed E-state index contributed by atoms with van der Waals surface area (Å²) in [6, 6.07) is 15.0. The normalized spacial score (nSPS) is 21.4. The van der Waals surface area contributed by atoms with Gasteiger partial charge in [0, 0.05) is 19.1 Å². The van der Waals surface area contributed by atoms with Crippen LogP contribution in [0.1, 0.15) is 18.1 Å². The van der Waals surface area contributed by atoms with Gasteiger partial charge in [-0.2, -0.15) is 0 Å². The molecule has 3 nitrogen and oxygen atoms in total. The molecule has 2 aromatic carbocycles. The molecule has 0 spiro atoms. The number of hydrogen-bond acceptors (Lipinski definition) is 3. The van der Waals surface area contributed by atoms with Crippen LogP contribution in [0.25, 0.3) is 10.8 Å². The highest BCUT2D eigenvalue weighted by Crippen LogP contribution is 2.20. The molecule has 2 aromatic rings. The maximum Gasteiger partial charge on any atom is 0.0914 e. The lowest BCUT2D eigenvalue weighted by atomic mass is 10.0. The van der Waals surface area contributed by atoms with E-state index in [1.807, 2.05) is 18.2 Å². The number of nitrogens with one attached hydrogen (secondary N) is 1. The number of likely N-dealkylation sites (tertiary alicyclic amines) is 1. The first-order chi connectivity index (χ1) is 9.72. The maximum atomic E-state index is 10.3. The second kappa shape index (κ2) is 5.92. The lowest BCUT2D eigenvalue weighted by Crippen LogP contribution is -2.34. The number of rotatable bonds is 4. The van der Waals surface area contributed by atoms with Crippen LogP contribution in [0.2, 0.25) is 0 Å². The van der Waals surface area contributed by atoms with Gasteiger partial charge in [0.1, 0.15) is 0 Å². The highest BCUT2D eigenvalue weighted by Gasteiger charge is 2.19. The van der Waals surface area contributed by atoms with Gasteiger partial charge in [0.05, 0.1) is 6.10 Å². The van der Waals surface area contributed by atoms with Gasteiger partial charge in [-0.05, 0) is 42.4 Å². The van der Waals surface area contributed by atoms with Crippen LogP contribution in [0.4, 0.5) is 0 Å². The Balaban J connectivity index is 1.64. The van der Waals surface area contributed by atoms with Gasteiger partial charge >= 0.3 is 0 Å². The van der Waals surface area contributed by atoms with Gasteiger partial charge in [-0.15, -0.1) is 0 Å². The van der Waals surface area contributed by atoms with Crippen molar-refractivity contribution in [1.29, 1.82) is 0 Å². The summed E-state index contributed by atoms with van der Waals surface area (Å²) in [7, 11) is 2.14. The Morgan fingerprint density at radius 1 is 1.25 bits per heavy atom. The van der Waals surface area contributed by atoms with Crippen LogP contribution in [-0.2, 0) is 0 Å². The first-order valence-electron chi connectivity index (χ1n) is 7.31.